The Hall–Kier alpha value is -2.02. The van der Waals surface area contributed by atoms with Crippen molar-refractivity contribution in [2.24, 2.45) is 0 Å². The molecule has 7 nitrogen and oxygen atoms in total. The molecule has 0 saturated carbocycles. The zero-order chi connectivity index (χ0) is 16.5. The van der Waals surface area contributed by atoms with E-state index in [0.717, 1.165) is 12.8 Å². The lowest BCUT2D eigenvalue weighted by Gasteiger charge is -2.28. The molecule has 7 heteroatoms. The van der Waals surface area contributed by atoms with Crippen molar-refractivity contribution in [2.75, 3.05) is 39.4 Å². The Labute approximate surface area is 136 Å². The van der Waals surface area contributed by atoms with Crippen LogP contribution in [0.5, 0.6) is 0 Å². The van der Waals surface area contributed by atoms with E-state index < -0.39 is 0 Å². The normalized spacial score (nSPS) is 14.6. The first-order valence-electron chi connectivity index (χ1n) is 8.13. The summed E-state index contributed by atoms with van der Waals surface area (Å²) < 4.78 is 5.25. The van der Waals surface area contributed by atoms with E-state index in [0.29, 0.717) is 51.5 Å². The number of morpholine rings is 1. The van der Waals surface area contributed by atoms with Gasteiger partial charge in [0.1, 0.15) is 5.69 Å². The summed E-state index contributed by atoms with van der Waals surface area (Å²) in [7, 11) is 0. The van der Waals surface area contributed by atoms with Crippen LogP contribution in [0.1, 0.15) is 36.7 Å². The van der Waals surface area contributed by atoms with Gasteiger partial charge in [0.2, 0.25) is 5.91 Å². The zero-order valence-corrected chi connectivity index (χ0v) is 13.6. The summed E-state index contributed by atoms with van der Waals surface area (Å²) in [6.07, 6.45) is 6.72. The van der Waals surface area contributed by atoms with Crippen molar-refractivity contribution in [1.82, 2.24) is 19.8 Å². The predicted molar refractivity (Wildman–Crippen MR) is 84.9 cm³/mol. The number of aromatic nitrogens is 2. The van der Waals surface area contributed by atoms with E-state index in [9.17, 15) is 9.59 Å². The molecule has 0 bridgehead atoms. The van der Waals surface area contributed by atoms with E-state index in [2.05, 4.69) is 16.9 Å². The molecule has 2 amide bonds. The molecule has 1 saturated heterocycles. The van der Waals surface area contributed by atoms with Gasteiger partial charge in [0.05, 0.1) is 19.4 Å². The highest BCUT2D eigenvalue weighted by atomic mass is 16.5. The molecule has 0 aliphatic carbocycles. The van der Waals surface area contributed by atoms with Crippen LogP contribution in [0, 0.1) is 0 Å². The van der Waals surface area contributed by atoms with Crippen molar-refractivity contribution in [3.8, 4) is 0 Å². The highest BCUT2D eigenvalue weighted by Crippen LogP contribution is 2.06. The second-order valence-corrected chi connectivity index (χ2v) is 5.48. The molecule has 0 aromatic carbocycles. The fourth-order valence-electron chi connectivity index (χ4n) is 2.44. The molecule has 0 atom stereocenters. The van der Waals surface area contributed by atoms with Crippen LogP contribution >= 0.6 is 0 Å². The molecule has 23 heavy (non-hydrogen) atoms. The first-order chi connectivity index (χ1) is 11.2. The molecule has 0 N–H and O–H groups in total. The summed E-state index contributed by atoms with van der Waals surface area (Å²) in [5, 5.41) is 0. The Morgan fingerprint density at radius 1 is 1.26 bits per heavy atom. The van der Waals surface area contributed by atoms with Gasteiger partial charge in [0, 0.05) is 45.0 Å². The summed E-state index contributed by atoms with van der Waals surface area (Å²) in [6, 6.07) is 0. The lowest BCUT2D eigenvalue weighted by atomic mass is 10.2. The number of hydrogen-bond donors (Lipinski definition) is 0. The standard InChI is InChI=1S/C16H24N4O3/c1-2-3-7-20(16(22)14-13-17-5-6-18-14)8-4-15(21)19-9-11-23-12-10-19/h5-6,13H,2-4,7-12H2,1H3. The van der Waals surface area contributed by atoms with Crippen LogP contribution in [-0.4, -0.2) is 71.0 Å². The number of carbonyl (C=O) groups excluding carboxylic acids is 2. The Balaban J connectivity index is 1.92. The van der Waals surface area contributed by atoms with Gasteiger partial charge in [-0.05, 0) is 6.42 Å². The Bertz CT molecular complexity index is 503. The van der Waals surface area contributed by atoms with Crippen molar-refractivity contribution in [3.63, 3.8) is 0 Å². The quantitative estimate of drug-likeness (QED) is 0.748. The van der Waals surface area contributed by atoms with Gasteiger partial charge in [-0.1, -0.05) is 13.3 Å². The maximum Gasteiger partial charge on any atom is 0.274 e. The highest BCUT2D eigenvalue weighted by molar-refractivity contribution is 5.92. The summed E-state index contributed by atoms with van der Waals surface area (Å²) in [6.45, 7) is 5.54. The lowest BCUT2D eigenvalue weighted by Crippen LogP contribution is -2.42. The SMILES string of the molecule is CCCCN(CCC(=O)N1CCOCC1)C(=O)c1cnccn1. The molecule has 126 valence electrons. The number of amides is 2. The largest absolute Gasteiger partial charge is 0.378 e. The molecule has 0 unspecified atom stereocenters. The van der Waals surface area contributed by atoms with Gasteiger partial charge in [-0.3, -0.25) is 14.6 Å². The summed E-state index contributed by atoms with van der Waals surface area (Å²) in [5.74, 6) is -0.0944. The number of carbonyl (C=O) groups is 2. The van der Waals surface area contributed by atoms with E-state index in [4.69, 9.17) is 4.74 Å². The Morgan fingerprint density at radius 2 is 2.04 bits per heavy atom. The monoisotopic (exact) mass is 320 g/mol. The molecule has 1 aromatic rings. The predicted octanol–water partition coefficient (Wildman–Crippen LogP) is 0.968. The Morgan fingerprint density at radius 3 is 2.70 bits per heavy atom. The van der Waals surface area contributed by atoms with Crippen molar-refractivity contribution in [2.45, 2.75) is 26.2 Å². The van der Waals surface area contributed by atoms with E-state index in [1.165, 1.54) is 18.6 Å². The molecule has 2 heterocycles. The second-order valence-electron chi connectivity index (χ2n) is 5.48. The van der Waals surface area contributed by atoms with Crippen LogP contribution in [0.25, 0.3) is 0 Å². The third kappa shape index (κ3) is 5.28. The summed E-state index contributed by atoms with van der Waals surface area (Å²) in [4.78, 5) is 36.3. The second kappa shape index (κ2) is 9.19. The van der Waals surface area contributed by atoms with Crippen LogP contribution in [-0.2, 0) is 9.53 Å². The smallest absolute Gasteiger partial charge is 0.274 e. The zero-order valence-electron chi connectivity index (χ0n) is 13.6. The number of ether oxygens (including phenoxy) is 1. The number of rotatable bonds is 7. The minimum Gasteiger partial charge on any atom is -0.378 e. The van der Waals surface area contributed by atoms with E-state index >= 15 is 0 Å². The molecule has 1 aliphatic rings. The fraction of sp³-hybridized carbons (Fsp3) is 0.625. The lowest BCUT2D eigenvalue weighted by molar-refractivity contribution is -0.135. The van der Waals surface area contributed by atoms with Crippen molar-refractivity contribution in [3.05, 3.63) is 24.3 Å². The molecule has 2 rings (SSSR count). The maximum atomic E-state index is 12.5. The third-order valence-electron chi connectivity index (χ3n) is 3.81. The molecular formula is C16H24N4O3. The maximum absolute atomic E-state index is 12.5. The van der Waals surface area contributed by atoms with Gasteiger partial charge in [0.25, 0.3) is 5.91 Å². The molecular weight excluding hydrogens is 296 g/mol. The van der Waals surface area contributed by atoms with Crippen LogP contribution in [0.4, 0.5) is 0 Å². The summed E-state index contributed by atoms with van der Waals surface area (Å²) in [5.41, 5.74) is 0.322. The average molecular weight is 320 g/mol. The van der Waals surface area contributed by atoms with Crippen LogP contribution in [0.3, 0.4) is 0 Å². The first-order valence-corrected chi connectivity index (χ1v) is 8.13. The van der Waals surface area contributed by atoms with Crippen molar-refractivity contribution < 1.29 is 14.3 Å². The number of hydrogen-bond acceptors (Lipinski definition) is 5. The topological polar surface area (TPSA) is 75.6 Å². The highest BCUT2D eigenvalue weighted by Gasteiger charge is 2.21. The minimum absolute atomic E-state index is 0.0711. The van der Waals surface area contributed by atoms with Gasteiger partial charge in [0.15, 0.2) is 0 Å². The van der Waals surface area contributed by atoms with Crippen LogP contribution in [0.15, 0.2) is 18.6 Å². The van der Waals surface area contributed by atoms with Gasteiger partial charge in [-0.25, -0.2) is 4.98 Å². The molecule has 1 aliphatic heterocycles. The number of unbranched alkanes of at least 4 members (excludes halogenated alkanes) is 1. The average Bonchev–Trinajstić information content (AvgIpc) is 2.62. The van der Waals surface area contributed by atoms with Crippen molar-refractivity contribution >= 4 is 11.8 Å². The van der Waals surface area contributed by atoms with Gasteiger partial charge in [-0.15, -0.1) is 0 Å². The van der Waals surface area contributed by atoms with Gasteiger partial charge < -0.3 is 14.5 Å². The molecule has 1 aromatic heterocycles. The molecule has 0 radical (unpaired) electrons. The van der Waals surface area contributed by atoms with E-state index in [1.807, 2.05) is 0 Å². The molecule has 1 fully saturated rings. The van der Waals surface area contributed by atoms with E-state index in [1.54, 1.807) is 9.80 Å². The molecule has 0 spiro atoms. The van der Waals surface area contributed by atoms with E-state index in [-0.39, 0.29) is 11.8 Å². The van der Waals surface area contributed by atoms with Crippen LogP contribution in [0.2, 0.25) is 0 Å². The number of nitrogens with zero attached hydrogens (tertiary/aromatic N) is 4. The van der Waals surface area contributed by atoms with Gasteiger partial charge >= 0.3 is 0 Å². The minimum atomic E-state index is -0.165. The Kier molecular flexibility index (Phi) is 6.93. The van der Waals surface area contributed by atoms with Crippen molar-refractivity contribution in [1.29, 1.82) is 0 Å². The first kappa shape index (κ1) is 17.3. The van der Waals surface area contributed by atoms with Gasteiger partial charge in [-0.2, -0.15) is 0 Å². The summed E-state index contributed by atoms with van der Waals surface area (Å²) >= 11 is 0. The fourth-order valence-corrected chi connectivity index (χ4v) is 2.44. The van der Waals surface area contributed by atoms with Crippen LogP contribution < -0.4 is 0 Å². The third-order valence-corrected chi connectivity index (χ3v) is 3.81.